The first-order chi connectivity index (χ1) is 7.34. The standard InChI is InChI=1S/C8H11.3CH2O.Mn/c1-2-5-8-6-3-4-7-8;3*1-2;/h3,6H,2,4-5H2,1H3;3*1H2;. The molecule has 0 atom stereocenters. The number of hydrogen-bond acceptors (Lipinski definition) is 3. The Morgan fingerprint density at radius 2 is 1.67 bits per heavy atom. The predicted molar refractivity (Wildman–Crippen MR) is 57.1 cm³/mol. The zero-order valence-corrected chi connectivity index (χ0v) is 10.2. The molecule has 1 rings (SSSR count). The van der Waals surface area contributed by atoms with Crippen LogP contribution in [0.25, 0.3) is 0 Å². The van der Waals surface area contributed by atoms with Crippen LogP contribution in [-0.2, 0) is 30.4 Å². The van der Waals surface area contributed by atoms with Gasteiger partial charge in [0.1, 0.15) is 20.4 Å². The Bertz CT molecular complexity index is 195. The van der Waals surface area contributed by atoms with Gasteiger partial charge in [0.2, 0.25) is 0 Å². The third-order valence-electron chi connectivity index (χ3n) is 1.48. The summed E-state index contributed by atoms with van der Waals surface area (Å²) in [7, 11) is 0. The van der Waals surface area contributed by atoms with Crippen molar-refractivity contribution >= 4 is 20.4 Å². The molecule has 0 aromatic heterocycles. The SMILES string of the molecule is C=O.C=O.C=O.CCCC1=[C]([Mn])CC=C1. The maximum atomic E-state index is 8.00. The molecule has 0 unspecified atom stereocenters. The second-order valence-corrected chi connectivity index (χ2v) is 3.00. The zero-order valence-electron chi connectivity index (χ0n) is 9.00. The number of hydrogen-bond donors (Lipinski definition) is 0. The maximum absolute atomic E-state index is 8.00. The van der Waals surface area contributed by atoms with Gasteiger partial charge in [-0.25, -0.2) is 0 Å². The number of carbonyl (C=O) groups excluding carboxylic acids is 3. The molecular weight excluding hydrogens is 235 g/mol. The molecule has 1 aliphatic rings. The van der Waals surface area contributed by atoms with Crippen LogP contribution in [0, 0.1) is 0 Å². The topological polar surface area (TPSA) is 51.2 Å². The average molecular weight is 252 g/mol. The molecule has 4 heteroatoms. The van der Waals surface area contributed by atoms with Crippen LogP contribution in [0.5, 0.6) is 0 Å². The second kappa shape index (κ2) is 18.7. The van der Waals surface area contributed by atoms with Crippen LogP contribution in [0.4, 0.5) is 0 Å². The van der Waals surface area contributed by atoms with Crippen molar-refractivity contribution in [2.75, 3.05) is 0 Å². The summed E-state index contributed by atoms with van der Waals surface area (Å²) in [6.07, 6.45) is 7.99. The van der Waals surface area contributed by atoms with Crippen LogP contribution in [0.1, 0.15) is 26.2 Å². The molecule has 0 saturated carbocycles. The molecule has 15 heavy (non-hydrogen) atoms. The third-order valence-corrected chi connectivity index (χ3v) is 2.10. The van der Waals surface area contributed by atoms with Gasteiger partial charge in [0.25, 0.3) is 0 Å². The van der Waals surface area contributed by atoms with E-state index in [2.05, 4.69) is 35.1 Å². The molecule has 0 radical (unpaired) electrons. The first-order valence-electron chi connectivity index (χ1n) is 4.25. The van der Waals surface area contributed by atoms with Gasteiger partial charge in [-0.2, -0.15) is 0 Å². The van der Waals surface area contributed by atoms with E-state index in [0.717, 1.165) is 6.42 Å². The van der Waals surface area contributed by atoms with Gasteiger partial charge in [0.05, 0.1) is 0 Å². The number of allylic oxidation sites excluding steroid dienone is 4. The van der Waals surface area contributed by atoms with E-state index in [-0.39, 0.29) is 0 Å². The van der Waals surface area contributed by atoms with E-state index < -0.39 is 0 Å². The van der Waals surface area contributed by atoms with Gasteiger partial charge in [-0.15, -0.1) is 0 Å². The molecule has 0 aromatic carbocycles. The number of carbonyl (C=O) groups is 3. The Morgan fingerprint density at radius 3 is 1.93 bits per heavy atom. The van der Waals surface area contributed by atoms with Crippen LogP contribution in [0.3, 0.4) is 0 Å². The van der Waals surface area contributed by atoms with Crippen LogP contribution >= 0.6 is 0 Å². The fourth-order valence-corrected chi connectivity index (χ4v) is 1.40. The van der Waals surface area contributed by atoms with E-state index in [1.54, 1.807) is 0 Å². The van der Waals surface area contributed by atoms with Crippen LogP contribution in [0.2, 0.25) is 0 Å². The minimum atomic E-state index is 1.11. The van der Waals surface area contributed by atoms with E-state index >= 15 is 0 Å². The third kappa shape index (κ3) is 10.9. The Labute approximate surface area is 99.4 Å². The Hall–Kier alpha value is -0.991. The zero-order chi connectivity index (χ0) is 12.7. The van der Waals surface area contributed by atoms with Crippen molar-refractivity contribution in [2.24, 2.45) is 0 Å². The molecule has 0 aliphatic heterocycles. The van der Waals surface area contributed by atoms with E-state index in [0.29, 0.717) is 0 Å². The summed E-state index contributed by atoms with van der Waals surface area (Å²) < 4.78 is 1.38. The fourth-order valence-electron chi connectivity index (χ4n) is 1.01. The van der Waals surface area contributed by atoms with E-state index in [4.69, 9.17) is 14.4 Å². The summed E-state index contributed by atoms with van der Waals surface area (Å²) >= 11 is 3.52. The summed E-state index contributed by atoms with van der Waals surface area (Å²) in [4.78, 5) is 24.0. The van der Waals surface area contributed by atoms with Crippen molar-refractivity contribution in [3.05, 3.63) is 22.2 Å². The van der Waals surface area contributed by atoms with Gasteiger partial charge in [0, 0.05) is 0 Å². The van der Waals surface area contributed by atoms with Crippen molar-refractivity contribution < 1.29 is 30.4 Å². The molecule has 0 heterocycles. The minimum absolute atomic E-state index is 1.11. The van der Waals surface area contributed by atoms with Crippen molar-refractivity contribution in [1.29, 1.82) is 0 Å². The molecule has 1 aliphatic carbocycles. The molecule has 0 fully saturated rings. The first-order valence-corrected chi connectivity index (χ1v) is 4.84. The van der Waals surface area contributed by atoms with Crippen LogP contribution in [-0.4, -0.2) is 20.4 Å². The molecular formula is C11H17MnO3. The van der Waals surface area contributed by atoms with Gasteiger partial charge in [-0.1, -0.05) is 0 Å². The monoisotopic (exact) mass is 252 g/mol. The van der Waals surface area contributed by atoms with Crippen molar-refractivity contribution in [1.82, 2.24) is 0 Å². The molecule has 0 bridgehead atoms. The van der Waals surface area contributed by atoms with Crippen LogP contribution in [0.15, 0.2) is 22.2 Å². The molecule has 86 valence electrons. The quantitative estimate of drug-likeness (QED) is 0.706. The molecule has 0 N–H and O–H groups in total. The Kier molecular flexibility index (Phi) is 24.4. The van der Waals surface area contributed by atoms with Crippen molar-refractivity contribution in [2.45, 2.75) is 26.2 Å². The molecule has 3 nitrogen and oxygen atoms in total. The number of rotatable bonds is 2. The van der Waals surface area contributed by atoms with Gasteiger partial charge in [0.15, 0.2) is 0 Å². The van der Waals surface area contributed by atoms with Crippen molar-refractivity contribution in [3.63, 3.8) is 0 Å². The van der Waals surface area contributed by atoms with Gasteiger partial charge >= 0.3 is 64.4 Å². The van der Waals surface area contributed by atoms with E-state index in [9.17, 15) is 0 Å². The van der Waals surface area contributed by atoms with Gasteiger partial charge < -0.3 is 14.4 Å². The van der Waals surface area contributed by atoms with Gasteiger partial charge in [-0.3, -0.25) is 0 Å². The molecule has 0 saturated heterocycles. The van der Waals surface area contributed by atoms with Crippen LogP contribution < -0.4 is 0 Å². The molecule has 0 spiro atoms. The fraction of sp³-hybridized carbons (Fsp3) is 0.364. The summed E-state index contributed by atoms with van der Waals surface area (Å²) in [6, 6.07) is 0. The average Bonchev–Trinajstić information content (AvgIpc) is 2.74. The Morgan fingerprint density at radius 1 is 1.20 bits per heavy atom. The summed E-state index contributed by atoms with van der Waals surface area (Å²) in [5.41, 5.74) is 1.48. The van der Waals surface area contributed by atoms with Gasteiger partial charge in [-0.05, 0) is 0 Å². The summed E-state index contributed by atoms with van der Waals surface area (Å²) in [5.74, 6) is 0. The molecule has 0 amide bonds. The normalized spacial score (nSPS) is 11.3. The van der Waals surface area contributed by atoms with E-state index in [1.165, 1.54) is 22.9 Å². The first kappa shape index (κ1) is 19.6. The predicted octanol–water partition coefficient (Wildman–Crippen LogP) is 1.99. The van der Waals surface area contributed by atoms with E-state index in [1.807, 2.05) is 20.4 Å². The molecule has 0 aromatic rings. The summed E-state index contributed by atoms with van der Waals surface area (Å²) in [5, 5.41) is 0. The summed E-state index contributed by atoms with van der Waals surface area (Å²) in [6.45, 7) is 8.21. The second-order valence-electron chi connectivity index (χ2n) is 2.29. The Balaban J connectivity index is -0.000000208. The van der Waals surface area contributed by atoms with Crippen molar-refractivity contribution in [3.8, 4) is 0 Å².